The molecule has 2 N–H and O–H groups in total. The fourth-order valence-electron chi connectivity index (χ4n) is 1.69. The van der Waals surface area contributed by atoms with Gasteiger partial charge in [0.2, 0.25) is 0 Å². The Morgan fingerprint density at radius 3 is 2.31 bits per heavy atom. The molecular formula is C13H13NO2. The van der Waals surface area contributed by atoms with E-state index in [2.05, 4.69) is 4.98 Å². The standard InChI is InChI=1S/C13H13NO2/c1-8-3-5-10(6-4-8)12-9(2)7-11(14-12)13(15)16/h3-7,14H,1-2H3,(H,15,16). The summed E-state index contributed by atoms with van der Waals surface area (Å²) in [4.78, 5) is 13.7. The van der Waals surface area contributed by atoms with Crippen molar-refractivity contribution in [2.45, 2.75) is 13.8 Å². The molecule has 0 saturated carbocycles. The van der Waals surface area contributed by atoms with E-state index >= 15 is 0 Å². The average Bonchev–Trinajstić information content (AvgIpc) is 2.62. The lowest BCUT2D eigenvalue weighted by Gasteiger charge is -2.00. The minimum atomic E-state index is -0.929. The number of aromatic nitrogens is 1. The van der Waals surface area contributed by atoms with E-state index in [1.165, 1.54) is 5.56 Å². The van der Waals surface area contributed by atoms with Crippen LogP contribution in [0.25, 0.3) is 11.3 Å². The number of carboxylic acids is 1. The molecule has 2 rings (SSSR count). The number of carboxylic acid groups (broad SMARTS) is 1. The van der Waals surface area contributed by atoms with Crippen LogP contribution in [-0.2, 0) is 0 Å². The second-order valence-electron chi connectivity index (χ2n) is 3.91. The number of benzene rings is 1. The van der Waals surface area contributed by atoms with Gasteiger partial charge >= 0.3 is 5.97 Å². The van der Waals surface area contributed by atoms with Crippen LogP contribution in [0.1, 0.15) is 21.6 Å². The molecule has 1 aromatic carbocycles. The van der Waals surface area contributed by atoms with Gasteiger partial charge < -0.3 is 10.1 Å². The highest BCUT2D eigenvalue weighted by Crippen LogP contribution is 2.23. The van der Waals surface area contributed by atoms with Crippen LogP contribution in [0.4, 0.5) is 0 Å². The maximum Gasteiger partial charge on any atom is 0.352 e. The van der Waals surface area contributed by atoms with Gasteiger partial charge in [0, 0.05) is 5.69 Å². The molecule has 0 aliphatic carbocycles. The Morgan fingerprint density at radius 2 is 1.81 bits per heavy atom. The van der Waals surface area contributed by atoms with Crippen LogP contribution in [0, 0.1) is 13.8 Å². The van der Waals surface area contributed by atoms with E-state index in [4.69, 9.17) is 5.11 Å². The number of carbonyl (C=O) groups is 1. The molecule has 0 amide bonds. The molecule has 0 saturated heterocycles. The van der Waals surface area contributed by atoms with Gasteiger partial charge in [-0.2, -0.15) is 0 Å². The van der Waals surface area contributed by atoms with E-state index in [0.29, 0.717) is 0 Å². The molecule has 3 heteroatoms. The van der Waals surface area contributed by atoms with Crippen molar-refractivity contribution in [3.05, 3.63) is 47.2 Å². The quantitative estimate of drug-likeness (QED) is 0.809. The summed E-state index contributed by atoms with van der Waals surface area (Å²) in [6.07, 6.45) is 0. The molecule has 0 spiro atoms. The Morgan fingerprint density at radius 1 is 1.19 bits per heavy atom. The van der Waals surface area contributed by atoms with Crippen molar-refractivity contribution in [3.8, 4) is 11.3 Å². The molecule has 2 aromatic rings. The fourth-order valence-corrected chi connectivity index (χ4v) is 1.69. The maximum atomic E-state index is 10.8. The van der Waals surface area contributed by atoms with Crippen LogP contribution < -0.4 is 0 Å². The summed E-state index contributed by atoms with van der Waals surface area (Å²) in [6, 6.07) is 9.64. The van der Waals surface area contributed by atoms with Crippen molar-refractivity contribution < 1.29 is 9.90 Å². The van der Waals surface area contributed by atoms with Crippen molar-refractivity contribution in [1.82, 2.24) is 4.98 Å². The highest BCUT2D eigenvalue weighted by atomic mass is 16.4. The summed E-state index contributed by atoms with van der Waals surface area (Å²) in [7, 11) is 0. The fraction of sp³-hybridized carbons (Fsp3) is 0.154. The third-order valence-electron chi connectivity index (χ3n) is 2.59. The lowest BCUT2D eigenvalue weighted by atomic mass is 10.1. The smallest absolute Gasteiger partial charge is 0.352 e. The van der Waals surface area contributed by atoms with Gasteiger partial charge in [-0.15, -0.1) is 0 Å². The highest BCUT2D eigenvalue weighted by Gasteiger charge is 2.10. The predicted octanol–water partition coefficient (Wildman–Crippen LogP) is 3.00. The number of hydrogen-bond donors (Lipinski definition) is 2. The third kappa shape index (κ3) is 1.84. The Bertz CT molecular complexity index is 523. The molecule has 1 heterocycles. The summed E-state index contributed by atoms with van der Waals surface area (Å²) in [6.45, 7) is 3.92. The Labute approximate surface area is 93.7 Å². The molecule has 16 heavy (non-hydrogen) atoms. The van der Waals surface area contributed by atoms with Gasteiger partial charge in [0.15, 0.2) is 0 Å². The maximum absolute atomic E-state index is 10.8. The zero-order valence-corrected chi connectivity index (χ0v) is 9.24. The molecule has 82 valence electrons. The summed E-state index contributed by atoms with van der Waals surface area (Å²) in [5.41, 5.74) is 4.24. The number of aryl methyl sites for hydroxylation is 2. The number of rotatable bonds is 2. The Balaban J connectivity index is 2.47. The van der Waals surface area contributed by atoms with Gasteiger partial charge in [0.25, 0.3) is 0 Å². The van der Waals surface area contributed by atoms with Gasteiger partial charge in [-0.05, 0) is 31.0 Å². The topological polar surface area (TPSA) is 53.1 Å². The molecule has 0 aliphatic rings. The minimum absolute atomic E-state index is 0.230. The van der Waals surface area contributed by atoms with Crippen LogP contribution in [0.2, 0.25) is 0 Å². The lowest BCUT2D eigenvalue weighted by Crippen LogP contribution is -1.95. The summed E-state index contributed by atoms with van der Waals surface area (Å²) in [5.74, 6) is -0.929. The highest BCUT2D eigenvalue weighted by molar-refractivity contribution is 5.87. The van der Waals surface area contributed by atoms with E-state index in [9.17, 15) is 4.79 Å². The first-order valence-corrected chi connectivity index (χ1v) is 5.08. The SMILES string of the molecule is Cc1ccc(-c2[nH]c(C(=O)O)cc2C)cc1. The van der Waals surface area contributed by atoms with Crippen LogP contribution in [0.3, 0.4) is 0 Å². The van der Waals surface area contributed by atoms with Crippen molar-refractivity contribution >= 4 is 5.97 Å². The van der Waals surface area contributed by atoms with Crippen LogP contribution in [-0.4, -0.2) is 16.1 Å². The summed E-state index contributed by atoms with van der Waals surface area (Å²) < 4.78 is 0. The zero-order valence-electron chi connectivity index (χ0n) is 9.24. The normalized spacial score (nSPS) is 10.4. The molecule has 0 bridgehead atoms. The van der Waals surface area contributed by atoms with Crippen molar-refractivity contribution in [2.75, 3.05) is 0 Å². The van der Waals surface area contributed by atoms with Gasteiger partial charge in [-0.3, -0.25) is 0 Å². The van der Waals surface area contributed by atoms with Crippen LogP contribution >= 0.6 is 0 Å². The molecular weight excluding hydrogens is 202 g/mol. The van der Waals surface area contributed by atoms with E-state index in [1.807, 2.05) is 38.1 Å². The number of hydrogen-bond acceptors (Lipinski definition) is 1. The minimum Gasteiger partial charge on any atom is -0.477 e. The number of aromatic amines is 1. The molecule has 0 atom stereocenters. The van der Waals surface area contributed by atoms with Gasteiger partial charge in [-0.1, -0.05) is 29.8 Å². The van der Waals surface area contributed by atoms with Gasteiger partial charge in [-0.25, -0.2) is 4.79 Å². The molecule has 0 unspecified atom stereocenters. The number of H-pyrrole nitrogens is 1. The van der Waals surface area contributed by atoms with Crippen LogP contribution in [0.15, 0.2) is 30.3 Å². The second kappa shape index (κ2) is 3.85. The van der Waals surface area contributed by atoms with E-state index in [1.54, 1.807) is 6.07 Å². The average molecular weight is 215 g/mol. The van der Waals surface area contributed by atoms with Crippen LogP contribution in [0.5, 0.6) is 0 Å². The van der Waals surface area contributed by atoms with E-state index in [-0.39, 0.29) is 5.69 Å². The third-order valence-corrected chi connectivity index (χ3v) is 2.59. The summed E-state index contributed by atoms with van der Waals surface area (Å²) in [5, 5.41) is 8.88. The van der Waals surface area contributed by atoms with E-state index < -0.39 is 5.97 Å². The molecule has 1 aromatic heterocycles. The van der Waals surface area contributed by atoms with Crippen molar-refractivity contribution in [2.24, 2.45) is 0 Å². The molecule has 0 fully saturated rings. The molecule has 3 nitrogen and oxygen atoms in total. The largest absolute Gasteiger partial charge is 0.477 e. The molecule has 0 aliphatic heterocycles. The predicted molar refractivity (Wildman–Crippen MR) is 62.7 cm³/mol. The zero-order chi connectivity index (χ0) is 11.7. The lowest BCUT2D eigenvalue weighted by molar-refractivity contribution is 0.0691. The molecule has 0 radical (unpaired) electrons. The Hall–Kier alpha value is -2.03. The van der Waals surface area contributed by atoms with Crippen molar-refractivity contribution in [1.29, 1.82) is 0 Å². The monoisotopic (exact) mass is 215 g/mol. The first-order chi connectivity index (χ1) is 7.58. The van der Waals surface area contributed by atoms with Crippen molar-refractivity contribution in [3.63, 3.8) is 0 Å². The summed E-state index contributed by atoms with van der Waals surface area (Å²) >= 11 is 0. The van der Waals surface area contributed by atoms with Gasteiger partial charge in [0.05, 0.1) is 0 Å². The first kappa shape index (κ1) is 10.5. The Kier molecular flexibility index (Phi) is 2.52. The van der Waals surface area contributed by atoms with Gasteiger partial charge in [0.1, 0.15) is 5.69 Å². The number of aromatic carboxylic acids is 1. The van der Waals surface area contributed by atoms with E-state index in [0.717, 1.165) is 16.8 Å². The number of nitrogens with one attached hydrogen (secondary N) is 1. The first-order valence-electron chi connectivity index (χ1n) is 5.08. The second-order valence-corrected chi connectivity index (χ2v) is 3.91.